The average Bonchev–Trinajstić information content (AvgIpc) is 2.27. The second kappa shape index (κ2) is 6.19. The number of benzene rings is 1. The predicted octanol–water partition coefficient (Wildman–Crippen LogP) is 1.12. The van der Waals surface area contributed by atoms with Crippen LogP contribution in [0.5, 0.6) is 0 Å². The van der Waals surface area contributed by atoms with Crippen molar-refractivity contribution in [3.8, 4) is 0 Å². The molecular formula is C12H17NO2. The minimum absolute atomic E-state index is 0.284. The summed E-state index contributed by atoms with van der Waals surface area (Å²) in [6, 6.07) is 9.83. The zero-order chi connectivity index (χ0) is 11.1. The van der Waals surface area contributed by atoms with E-state index in [4.69, 9.17) is 0 Å². The van der Waals surface area contributed by atoms with E-state index < -0.39 is 6.10 Å². The first-order chi connectivity index (χ1) is 7.24. The molecule has 0 saturated carbocycles. The molecule has 82 valence electrons. The maximum atomic E-state index is 11.2. The molecule has 0 saturated heterocycles. The molecule has 0 heterocycles. The van der Waals surface area contributed by atoms with Crippen molar-refractivity contribution in [3.05, 3.63) is 35.9 Å². The summed E-state index contributed by atoms with van der Waals surface area (Å²) >= 11 is 0. The number of aliphatic hydroxyl groups is 1. The molecule has 0 aliphatic heterocycles. The van der Waals surface area contributed by atoms with Crippen molar-refractivity contribution in [3.63, 3.8) is 0 Å². The largest absolute Gasteiger partial charge is 0.383 e. The van der Waals surface area contributed by atoms with E-state index in [0.29, 0.717) is 13.0 Å². The number of hydrogen-bond acceptors (Lipinski definition) is 2. The van der Waals surface area contributed by atoms with Crippen molar-refractivity contribution in [2.24, 2.45) is 0 Å². The van der Waals surface area contributed by atoms with E-state index in [9.17, 15) is 9.90 Å². The smallest absolute Gasteiger partial charge is 0.248 e. The van der Waals surface area contributed by atoms with Gasteiger partial charge in [0, 0.05) is 6.54 Å². The van der Waals surface area contributed by atoms with Crippen LogP contribution in [0, 0.1) is 0 Å². The number of carbonyl (C=O) groups excluding carboxylic acids is 1. The number of rotatable bonds is 5. The Kier molecular flexibility index (Phi) is 4.84. The Bertz CT molecular complexity index is 298. The lowest BCUT2D eigenvalue weighted by molar-refractivity contribution is -0.129. The number of amides is 1. The first-order valence-electron chi connectivity index (χ1n) is 5.23. The molecule has 0 radical (unpaired) electrons. The zero-order valence-corrected chi connectivity index (χ0v) is 8.94. The van der Waals surface area contributed by atoms with Crippen LogP contribution >= 0.6 is 0 Å². The molecule has 3 nitrogen and oxygen atoms in total. The lowest BCUT2D eigenvalue weighted by Crippen LogP contribution is -2.34. The second-order valence-corrected chi connectivity index (χ2v) is 3.43. The Morgan fingerprint density at radius 3 is 2.67 bits per heavy atom. The third-order valence-corrected chi connectivity index (χ3v) is 2.20. The highest BCUT2D eigenvalue weighted by molar-refractivity contribution is 5.80. The Morgan fingerprint density at radius 1 is 1.40 bits per heavy atom. The molecule has 0 aliphatic rings. The molecule has 2 N–H and O–H groups in total. The molecule has 1 amide bonds. The van der Waals surface area contributed by atoms with Gasteiger partial charge in [-0.05, 0) is 25.3 Å². The lowest BCUT2D eigenvalue weighted by atomic mass is 10.1. The van der Waals surface area contributed by atoms with Gasteiger partial charge in [0.1, 0.15) is 6.10 Å². The molecule has 1 atom stereocenters. The highest BCUT2D eigenvalue weighted by Gasteiger charge is 2.13. The zero-order valence-electron chi connectivity index (χ0n) is 8.94. The maximum Gasteiger partial charge on any atom is 0.248 e. The summed E-state index contributed by atoms with van der Waals surface area (Å²) in [5.41, 5.74) is 1.14. The Hall–Kier alpha value is -1.35. The van der Waals surface area contributed by atoms with Crippen molar-refractivity contribution in [2.45, 2.75) is 25.9 Å². The van der Waals surface area contributed by atoms with E-state index >= 15 is 0 Å². The highest BCUT2D eigenvalue weighted by Crippen LogP contribution is 2.04. The van der Waals surface area contributed by atoms with Crippen LogP contribution in [0.15, 0.2) is 30.3 Å². The predicted molar refractivity (Wildman–Crippen MR) is 59.5 cm³/mol. The molecule has 0 spiro atoms. The fraction of sp³-hybridized carbons (Fsp3) is 0.417. The van der Waals surface area contributed by atoms with Crippen LogP contribution in [0.2, 0.25) is 0 Å². The molecule has 0 fully saturated rings. The third kappa shape index (κ3) is 4.13. The van der Waals surface area contributed by atoms with Crippen LogP contribution in [0.25, 0.3) is 0 Å². The Labute approximate surface area is 90.1 Å². The monoisotopic (exact) mass is 207 g/mol. The molecule has 0 aromatic heterocycles. The summed E-state index contributed by atoms with van der Waals surface area (Å²) in [7, 11) is 0. The summed E-state index contributed by atoms with van der Waals surface area (Å²) in [5, 5.41) is 12.1. The Balaban J connectivity index is 2.34. The molecule has 15 heavy (non-hydrogen) atoms. The summed E-state index contributed by atoms with van der Waals surface area (Å²) in [6.07, 6.45) is 0.291. The van der Waals surface area contributed by atoms with E-state index in [0.717, 1.165) is 12.0 Å². The fourth-order valence-electron chi connectivity index (χ4n) is 1.37. The van der Waals surface area contributed by atoms with Crippen LogP contribution in [0.3, 0.4) is 0 Å². The van der Waals surface area contributed by atoms with Gasteiger partial charge in [-0.2, -0.15) is 0 Å². The number of hydrogen-bond donors (Lipinski definition) is 2. The van der Waals surface area contributed by atoms with Gasteiger partial charge in [0.25, 0.3) is 0 Å². The quantitative estimate of drug-likeness (QED) is 0.760. The highest BCUT2D eigenvalue weighted by atomic mass is 16.3. The summed E-state index contributed by atoms with van der Waals surface area (Å²) < 4.78 is 0. The third-order valence-electron chi connectivity index (χ3n) is 2.20. The Morgan fingerprint density at radius 2 is 2.07 bits per heavy atom. The van der Waals surface area contributed by atoms with Gasteiger partial charge in [0.2, 0.25) is 5.91 Å². The number of nitrogens with one attached hydrogen (secondary N) is 1. The number of aliphatic hydroxyl groups excluding tert-OH is 1. The van der Waals surface area contributed by atoms with Gasteiger partial charge in [-0.25, -0.2) is 0 Å². The number of likely N-dealkylation sites (N-methyl/N-ethyl adjacent to an activating group) is 1. The molecule has 3 heteroatoms. The van der Waals surface area contributed by atoms with Gasteiger partial charge in [-0.1, -0.05) is 30.3 Å². The van der Waals surface area contributed by atoms with E-state index in [1.807, 2.05) is 37.3 Å². The van der Waals surface area contributed by atoms with Gasteiger partial charge in [-0.3, -0.25) is 4.79 Å². The minimum atomic E-state index is -0.898. The molecular weight excluding hydrogens is 190 g/mol. The van der Waals surface area contributed by atoms with Crippen LogP contribution < -0.4 is 5.32 Å². The molecule has 1 aromatic rings. The van der Waals surface area contributed by atoms with Gasteiger partial charge in [0.15, 0.2) is 0 Å². The van der Waals surface area contributed by atoms with Crippen molar-refractivity contribution in [2.75, 3.05) is 6.54 Å². The van der Waals surface area contributed by atoms with Crippen molar-refractivity contribution in [1.29, 1.82) is 0 Å². The lowest BCUT2D eigenvalue weighted by Gasteiger charge is -2.09. The van der Waals surface area contributed by atoms with Gasteiger partial charge in [-0.15, -0.1) is 0 Å². The van der Waals surface area contributed by atoms with E-state index in [2.05, 4.69) is 5.32 Å². The molecule has 0 aliphatic carbocycles. The summed E-state index contributed by atoms with van der Waals surface area (Å²) in [6.45, 7) is 2.39. The molecule has 1 aromatic carbocycles. The average molecular weight is 207 g/mol. The van der Waals surface area contributed by atoms with Crippen LogP contribution in [-0.2, 0) is 11.2 Å². The summed E-state index contributed by atoms with van der Waals surface area (Å²) in [5.74, 6) is -0.284. The first-order valence-corrected chi connectivity index (χ1v) is 5.23. The topological polar surface area (TPSA) is 49.3 Å². The standard InChI is InChI=1S/C12H17NO2/c1-2-13-12(15)11(14)9-8-10-6-4-3-5-7-10/h3-7,11,14H,2,8-9H2,1H3,(H,13,15). The van der Waals surface area contributed by atoms with E-state index in [1.54, 1.807) is 0 Å². The van der Waals surface area contributed by atoms with Crippen LogP contribution in [0.4, 0.5) is 0 Å². The van der Waals surface area contributed by atoms with Crippen LogP contribution in [-0.4, -0.2) is 23.7 Å². The van der Waals surface area contributed by atoms with E-state index in [1.165, 1.54) is 0 Å². The van der Waals surface area contributed by atoms with Gasteiger partial charge < -0.3 is 10.4 Å². The first kappa shape index (κ1) is 11.7. The molecule has 0 bridgehead atoms. The van der Waals surface area contributed by atoms with Crippen LogP contribution in [0.1, 0.15) is 18.9 Å². The second-order valence-electron chi connectivity index (χ2n) is 3.43. The van der Waals surface area contributed by atoms with Crippen molar-refractivity contribution >= 4 is 5.91 Å². The SMILES string of the molecule is CCNC(=O)C(O)CCc1ccccc1. The summed E-state index contributed by atoms with van der Waals surface area (Å²) in [4.78, 5) is 11.2. The normalized spacial score (nSPS) is 12.1. The fourth-order valence-corrected chi connectivity index (χ4v) is 1.37. The number of aryl methyl sites for hydroxylation is 1. The number of carbonyl (C=O) groups is 1. The molecule has 1 rings (SSSR count). The van der Waals surface area contributed by atoms with Gasteiger partial charge >= 0.3 is 0 Å². The van der Waals surface area contributed by atoms with Crippen molar-refractivity contribution in [1.82, 2.24) is 5.32 Å². The van der Waals surface area contributed by atoms with Gasteiger partial charge in [0.05, 0.1) is 0 Å². The molecule has 1 unspecified atom stereocenters. The minimum Gasteiger partial charge on any atom is -0.383 e. The van der Waals surface area contributed by atoms with E-state index in [-0.39, 0.29) is 5.91 Å². The maximum absolute atomic E-state index is 11.2. The van der Waals surface area contributed by atoms with Crippen molar-refractivity contribution < 1.29 is 9.90 Å².